The number of hydrogen-bond donors (Lipinski definition) is 2. The van der Waals surface area contributed by atoms with E-state index < -0.39 is 0 Å². The smallest absolute Gasteiger partial charge is 0.0371 e. The number of rotatable bonds is 3. The van der Waals surface area contributed by atoms with Gasteiger partial charge in [0.15, 0.2) is 0 Å². The summed E-state index contributed by atoms with van der Waals surface area (Å²) in [6.07, 6.45) is 8.53. The van der Waals surface area contributed by atoms with E-state index in [-0.39, 0.29) is 0 Å². The Bertz CT molecular complexity index is 278. The van der Waals surface area contributed by atoms with Crippen molar-refractivity contribution in [3.05, 3.63) is 24.5 Å². The van der Waals surface area contributed by atoms with Crippen molar-refractivity contribution in [1.82, 2.24) is 4.98 Å². The van der Waals surface area contributed by atoms with Crippen LogP contribution in [0, 0.1) is 5.92 Å². The van der Waals surface area contributed by atoms with E-state index in [1.54, 1.807) is 0 Å². The number of nitrogens with zero attached hydrogens (tertiary/aromatic N) is 1. The molecule has 15 heavy (non-hydrogen) atoms. The molecule has 0 atom stereocenters. The zero-order valence-electron chi connectivity index (χ0n) is 9.02. The van der Waals surface area contributed by atoms with Gasteiger partial charge in [0, 0.05) is 30.7 Å². The van der Waals surface area contributed by atoms with Gasteiger partial charge >= 0.3 is 0 Å². The molecule has 1 heterocycles. The molecular weight excluding hydrogens is 186 g/mol. The van der Waals surface area contributed by atoms with Crippen LogP contribution in [0.15, 0.2) is 24.5 Å². The van der Waals surface area contributed by atoms with Crippen LogP contribution in [0.1, 0.15) is 25.7 Å². The second-order valence-corrected chi connectivity index (χ2v) is 4.40. The highest BCUT2D eigenvalue weighted by Crippen LogP contribution is 2.23. The predicted molar refractivity (Wildman–Crippen MR) is 62.7 cm³/mol. The highest BCUT2D eigenvalue weighted by Gasteiger charge is 2.17. The van der Waals surface area contributed by atoms with Gasteiger partial charge in [0.05, 0.1) is 0 Å². The molecule has 0 aromatic carbocycles. The van der Waals surface area contributed by atoms with Crippen molar-refractivity contribution in [3.8, 4) is 0 Å². The number of nitrogens with one attached hydrogen (secondary N) is 1. The molecule has 3 N–H and O–H groups in total. The summed E-state index contributed by atoms with van der Waals surface area (Å²) >= 11 is 0. The molecule has 82 valence electrons. The molecule has 3 nitrogen and oxygen atoms in total. The minimum Gasteiger partial charge on any atom is -0.385 e. The van der Waals surface area contributed by atoms with Crippen molar-refractivity contribution < 1.29 is 0 Å². The minimum atomic E-state index is 0.446. The van der Waals surface area contributed by atoms with E-state index in [2.05, 4.69) is 10.3 Å². The third-order valence-corrected chi connectivity index (χ3v) is 3.17. The fraction of sp³-hybridized carbons (Fsp3) is 0.583. The van der Waals surface area contributed by atoms with Crippen molar-refractivity contribution >= 4 is 5.69 Å². The first-order chi connectivity index (χ1) is 7.34. The Hall–Kier alpha value is -1.09. The third-order valence-electron chi connectivity index (χ3n) is 3.17. The Balaban J connectivity index is 1.74. The first-order valence-electron chi connectivity index (χ1n) is 5.74. The van der Waals surface area contributed by atoms with Crippen LogP contribution in [0.2, 0.25) is 0 Å². The van der Waals surface area contributed by atoms with Crippen LogP contribution in [0.5, 0.6) is 0 Å². The largest absolute Gasteiger partial charge is 0.385 e. The maximum atomic E-state index is 5.88. The fourth-order valence-corrected chi connectivity index (χ4v) is 2.12. The van der Waals surface area contributed by atoms with Gasteiger partial charge in [-0.05, 0) is 43.7 Å². The molecule has 1 aliphatic carbocycles. The highest BCUT2D eigenvalue weighted by molar-refractivity contribution is 5.40. The highest BCUT2D eigenvalue weighted by atomic mass is 14.9. The Kier molecular flexibility index (Phi) is 3.56. The Morgan fingerprint density at radius 1 is 1.20 bits per heavy atom. The minimum absolute atomic E-state index is 0.446. The van der Waals surface area contributed by atoms with Crippen LogP contribution in [-0.4, -0.2) is 17.6 Å². The molecule has 0 unspecified atom stereocenters. The molecule has 1 aromatic heterocycles. The summed E-state index contributed by atoms with van der Waals surface area (Å²) < 4.78 is 0. The third kappa shape index (κ3) is 3.20. The average Bonchev–Trinajstić information content (AvgIpc) is 2.30. The maximum Gasteiger partial charge on any atom is 0.0371 e. The lowest BCUT2D eigenvalue weighted by atomic mass is 9.86. The van der Waals surface area contributed by atoms with Crippen molar-refractivity contribution in [2.45, 2.75) is 31.7 Å². The summed E-state index contributed by atoms with van der Waals surface area (Å²) in [6.45, 7) is 1.07. The van der Waals surface area contributed by atoms with Crippen LogP contribution >= 0.6 is 0 Å². The Morgan fingerprint density at radius 3 is 2.53 bits per heavy atom. The quantitative estimate of drug-likeness (QED) is 0.793. The number of hydrogen-bond acceptors (Lipinski definition) is 3. The van der Waals surface area contributed by atoms with E-state index in [0.29, 0.717) is 6.04 Å². The first kappa shape index (κ1) is 10.4. The Morgan fingerprint density at radius 2 is 1.87 bits per heavy atom. The normalized spacial score (nSPS) is 26.2. The summed E-state index contributed by atoms with van der Waals surface area (Å²) in [5.41, 5.74) is 7.04. The lowest BCUT2D eigenvalue weighted by Gasteiger charge is -2.26. The van der Waals surface area contributed by atoms with Crippen molar-refractivity contribution in [3.63, 3.8) is 0 Å². The predicted octanol–water partition coefficient (Wildman–Crippen LogP) is 2.01. The molecule has 1 fully saturated rings. The molecule has 0 spiro atoms. The molecule has 1 saturated carbocycles. The molecule has 0 bridgehead atoms. The van der Waals surface area contributed by atoms with Gasteiger partial charge < -0.3 is 11.1 Å². The van der Waals surface area contributed by atoms with E-state index in [1.165, 1.54) is 31.4 Å². The molecular formula is C12H19N3. The van der Waals surface area contributed by atoms with E-state index in [4.69, 9.17) is 5.73 Å². The van der Waals surface area contributed by atoms with Crippen LogP contribution < -0.4 is 11.1 Å². The van der Waals surface area contributed by atoms with Gasteiger partial charge in [0.1, 0.15) is 0 Å². The molecule has 1 aromatic rings. The van der Waals surface area contributed by atoms with Gasteiger partial charge in [0.2, 0.25) is 0 Å². The first-order valence-corrected chi connectivity index (χ1v) is 5.74. The molecule has 0 radical (unpaired) electrons. The molecule has 3 heteroatoms. The fourth-order valence-electron chi connectivity index (χ4n) is 2.12. The Labute approximate surface area is 91.1 Å². The van der Waals surface area contributed by atoms with Gasteiger partial charge in [-0.2, -0.15) is 0 Å². The van der Waals surface area contributed by atoms with Crippen molar-refractivity contribution in [1.29, 1.82) is 0 Å². The molecule has 0 aliphatic heterocycles. The van der Waals surface area contributed by atoms with E-state index in [0.717, 1.165) is 12.5 Å². The molecule has 0 saturated heterocycles. The summed E-state index contributed by atoms with van der Waals surface area (Å²) in [4.78, 5) is 3.99. The van der Waals surface area contributed by atoms with Crippen LogP contribution in [0.3, 0.4) is 0 Å². The number of pyridine rings is 1. The second-order valence-electron chi connectivity index (χ2n) is 4.40. The van der Waals surface area contributed by atoms with Gasteiger partial charge in [0.25, 0.3) is 0 Å². The average molecular weight is 205 g/mol. The number of anilines is 1. The van der Waals surface area contributed by atoms with Gasteiger partial charge in [-0.1, -0.05) is 0 Å². The summed E-state index contributed by atoms with van der Waals surface area (Å²) in [5, 5.41) is 3.45. The summed E-state index contributed by atoms with van der Waals surface area (Å²) in [6, 6.07) is 4.46. The summed E-state index contributed by atoms with van der Waals surface area (Å²) in [7, 11) is 0. The van der Waals surface area contributed by atoms with Gasteiger partial charge in [-0.3, -0.25) is 4.98 Å². The van der Waals surface area contributed by atoms with E-state index in [1.807, 2.05) is 24.5 Å². The topological polar surface area (TPSA) is 50.9 Å². The zero-order valence-corrected chi connectivity index (χ0v) is 9.02. The van der Waals surface area contributed by atoms with Crippen LogP contribution in [0.25, 0.3) is 0 Å². The summed E-state index contributed by atoms with van der Waals surface area (Å²) in [5.74, 6) is 0.790. The SMILES string of the molecule is NC1CCC(CNc2ccncc2)CC1. The molecule has 1 aliphatic rings. The van der Waals surface area contributed by atoms with Crippen LogP contribution in [0.4, 0.5) is 5.69 Å². The molecule has 2 rings (SSSR count). The van der Waals surface area contributed by atoms with E-state index in [9.17, 15) is 0 Å². The number of aromatic nitrogens is 1. The second kappa shape index (κ2) is 5.12. The van der Waals surface area contributed by atoms with Crippen molar-refractivity contribution in [2.24, 2.45) is 11.7 Å². The van der Waals surface area contributed by atoms with Gasteiger partial charge in [-0.15, -0.1) is 0 Å². The zero-order chi connectivity index (χ0) is 10.5. The lowest BCUT2D eigenvalue weighted by Crippen LogP contribution is -2.29. The lowest BCUT2D eigenvalue weighted by molar-refractivity contribution is 0.339. The van der Waals surface area contributed by atoms with Crippen molar-refractivity contribution in [2.75, 3.05) is 11.9 Å². The monoisotopic (exact) mass is 205 g/mol. The standard InChI is InChI=1S/C12H19N3/c13-11-3-1-10(2-4-11)9-15-12-5-7-14-8-6-12/h5-8,10-11H,1-4,9,13H2,(H,14,15). The van der Waals surface area contributed by atoms with Crippen LogP contribution in [-0.2, 0) is 0 Å². The van der Waals surface area contributed by atoms with Gasteiger partial charge in [-0.25, -0.2) is 0 Å². The molecule has 0 amide bonds. The van der Waals surface area contributed by atoms with E-state index >= 15 is 0 Å². The number of nitrogens with two attached hydrogens (primary N) is 1. The maximum absolute atomic E-state index is 5.88.